The number of nitrogens with two attached hydrogens (primary N) is 1. The molecule has 0 radical (unpaired) electrons. The highest BCUT2D eigenvalue weighted by Gasteiger charge is 2.03. The van der Waals surface area contributed by atoms with Crippen LogP contribution in [0.1, 0.15) is 5.56 Å². The van der Waals surface area contributed by atoms with Crippen molar-refractivity contribution in [3.8, 4) is 5.75 Å². The Morgan fingerprint density at radius 2 is 1.95 bits per heavy atom. The molecule has 0 atom stereocenters. The number of ether oxygens (including phenoxy) is 1. The van der Waals surface area contributed by atoms with E-state index in [0.29, 0.717) is 6.61 Å². The first-order valence-corrected chi connectivity index (χ1v) is 6.79. The fraction of sp³-hybridized carbons (Fsp3) is 0.200. The number of hydrogen-bond donors (Lipinski definition) is 1. The topological polar surface area (TPSA) is 38.5 Å². The lowest BCUT2D eigenvalue weighted by atomic mass is 10.2. The van der Waals surface area contributed by atoms with E-state index in [0.717, 1.165) is 27.2 Å². The van der Waals surface area contributed by atoms with Crippen LogP contribution in [0.25, 0.3) is 0 Å². The van der Waals surface area contributed by atoms with Crippen LogP contribution in [0.2, 0.25) is 0 Å². The number of nitrogen functional groups attached to an aromatic ring is 1. The Hall–Kier alpha value is -1.68. The van der Waals surface area contributed by atoms with Gasteiger partial charge in [0, 0.05) is 41.6 Å². The molecule has 100 valence electrons. The molecule has 0 aliphatic carbocycles. The molecule has 2 aromatic carbocycles. The van der Waals surface area contributed by atoms with E-state index in [2.05, 4.69) is 15.9 Å². The zero-order valence-corrected chi connectivity index (χ0v) is 12.6. The summed E-state index contributed by atoms with van der Waals surface area (Å²) in [6, 6.07) is 13.7. The van der Waals surface area contributed by atoms with Crippen LogP contribution in [0.3, 0.4) is 0 Å². The zero-order valence-electron chi connectivity index (χ0n) is 11.1. The molecular weight excluding hydrogens is 304 g/mol. The summed E-state index contributed by atoms with van der Waals surface area (Å²) < 4.78 is 6.77. The highest BCUT2D eigenvalue weighted by Crippen LogP contribution is 2.23. The van der Waals surface area contributed by atoms with Crippen LogP contribution in [0.4, 0.5) is 11.4 Å². The Morgan fingerprint density at radius 3 is 2.63 bits per heavy atom. The van der Waals surface area contributed by atoms with Gasteiger partial charge in [-0.2, -0.15) is 0 Å². The lowest BCUT2D eigenvalue weighted by Crippen LogP contribution is -2.08. The van der Waals surface area contributed by atoms with Crippen molar-refractivity contribution < 1.29 is 4.74 Å². The molecular formula is C15H17BrN2O. The van der Waals surface area contributed by atoms with Gasteiger partial charge in [-0.05, 0) is 24.3 Å². The standard InChI is InChI=1S/C15H17BrN2O/c1-18(2)13-4-3-5-14(9-13)19-10-11-6-7-12(17)8-15(11)16/h3-9H,10,17H2,1-2H3. The van der Waals surface area contributed by atoms with Gasteiger partial charge in [0.05, 0.1) is 0 Å². The van der Waals surface area contributed by atoms with Crippen molar-refractivity contribution in [2.75, 3.05) is 24.7 Å². The highest BCUT2D eigenvalue weighted by atomic mass is 79.9. The smallest absolute Gasteiger partial charge is 0.121 e. The van der Waals surface area contributed by atoms with Crippen molar-refractivity contribution in [3.63, 3.8) is 0 Å². The largest absolute Gasteiger partial charge is 0.489 e. The second-order valence-corrected chi connectivity index (χ2v) is 5.39. The maximum Gasteiger partial charge on any atom is 0.121 e. The van der Waals surface area contributed by atoms with Gasteiger partial charge in [-0.25, -0.2) is 0 Å². The Labute approximate surface area is 122 Å². The molecule has 0 aromatic heterocycles. The van der Waals surface area contributed by atoms with Crippen LogP contribution in [-0.4, -0.2) is 14.1 Å². The van der Waals surface area contributed by atoms with Crippen LogP contribution < -0.4 is 15.4 Å². The third-order valence-electron chi connectivity index (χ3n) is 2.81. The van der Waals surface area contributed by atoms with Crippen LogP contribution in [0, 0.1) is 0 Å². The van der Waals surface area contributed by atoms with E-state index in [4.69, 9.17) is 10.5 Å². The van der Waals surface area contributed by atoms with E-state index in [1.807, 2.05) is 61.5 Å². The molecule has 0 saturated carbocycles. The monoisotopic (exact) mass is 320 g/mol. The third-order valence-corrected chi connectivity index (χ3v) is 3.54. The number of rotatable bonds is 4. The Bertz CT molecular complexity index is 570. The predicted molar refractivity (Wildman–Crippen MR) is 83.7 cm³/mol. The van der Waals surface area contributed by atoms with E-state index < -0.39 is 0 Å². The number of nitrogens with zero attached hydrogens (tertiary/aromatic N) is 1. The molecule has 0 fully saturated rings. The summed E-state index contributed by atoms with van der Waals surface area (Å²) in [6.45, 7) is 0.512. The molecule has 3 nitrogen and oxygen atoms in total. The van der Waals surface area contributed by atoms with Gasteiger partial charge in [0.1, 0.15) is 12.4 Å². The highest BCUT2D eigenvalue weighted by molar-refractivity contribution is 9.10. The van der Waals surface area contributed by atoms with E-state index >= 15 is 0 Å². The molecule has 0 amide bonds. The molecule has 2 rings (SSSR count). The summed E-state index contributed by atoms with van der Waals surface area (Å²) in [5, 5.41) is 0. The summed E-state index contributed by atoms with van der Waals surface area (Å²) in [4.78, 5) is 2.05. The van der Waals surface area contributed by atoms with Gasteiger partial charge in [0.15, 0.2) is 0 Å². The molecule has 19 heavy (non-hydrogen) atoms. The Kier molecular flexibility index (Phi) is 4.32. The van der Waals surface area contributed by atoms with E-state index in [1.54, 1.807) is 0 Å². The molecule has 0 aliphatic heterocycles. The lowest BCUT2D eigenvalue weighted by Gasteiger charge is -2.14. The maximum atomic E-state index is 5.81. The first kappa shape index (κ1) is 13.7. The summed E-state index contributed by atoms with van der Waals surface area (Å²) in [5.74, 6) is 0.856. The van der Waals surface area contributed by atoms with Crippen molar-refractivity contribution in [3.05, 3.63) is 52.5 Å². The molecule has 2 aromatic rings. The van der Waals surface area contributed by atoms with E-state index in [-0.39, 0.29) is 0 Å². The predicted octanol–water partition coefficient (Wildman–Crippen LogP) is 3.68. The van der Waals surface area contributed by atoms with Crippen LogP contribution in [-0.2, 0) is 6.61 Å². The number of anilines is 2. The van der Waals surface area contributed by atoms with Gasteiger partial charge in [0.2, 0.25) is 0 Å². The number of benzene rings is 2. The van der Waals surface area contributed by atoms with Gasteiger partial charge >= 0.3 is 0 Å². The number of halogens is 1. The second kappa shape index (κ2) is 5.97. The molecule has 0 bridgehead atoms. The number of hydrogen-bond acceptors (Lipinski definition) is 3. The van der Waals surface area contributed by atoms with Gasteiger partial charge in [-0.15, -0.1) is 0 Å². The van der Waals surface area contributed by atoms with Crippen LogP contribution in [0.5, 0.6) is 5.75 Å². The van der Waals surface area contributed by atoms with Crippen molar-refractivity contribution in [2.45, 2.75) is 6.61 Å². The fourth-order valence-electron chi connectivity index (χ4n) is 1.69. The van der Waals surface area contributed by atoms with Crippen LogP contribution >= 0.6 is 15.9 Å². The minimum atomic E-state index is 0.512. The fourth-order valence-corrected chi connectivity index (χ4v) is 2.20. The first-order valence-electron chi connectivity index (χ1n) is 6.00. The minimum absolute atomic E-state index is 0.512. The quantitative estimate of drug-likeness (QED) is 0.873. The van der Waals surface area contributed by atoms with Crippen molar-refractivity contribution in [2.24, 2.45) is 0 Å². The zero-order chi connectivity index (χ0) is 13.8. The maximum absolute atomic E-state index is 5.81. The first-order chi connectivity index (χ1) is 9.06. The van der Waals surface area contributed by atoms with E-state index in [1.165, 1.54) is 0 Å². The summed E-state index contributed by atoms with van der Waals surface area (Å²) in [7, 11) is 4.02. The van der Waals surface area contributed by atoms with Gasteiger partial charge in [-0.3, -0.25) is 0 Å². The van der Waals surface area contributed by atoms with Crippen molar-refractivity contribution >= 4 is 27.3 Å². The van der Waals surface area contributed by atoms with Gasteiger partial charge in [-0.1, -0.05) is 28.1 Å². The average molecular weight is 321 g/mol. The summed E-state index contributed by atoms with van der Waals surface area (Å²) in [6.07, 6.45) is 0. The van der Waals surface area contributed by atoms with Gasteiger partial charge in [0.25, 0.3) is 0 Å². The van der Waals surface area contributed by atoms with Crippen molar-refractivity contribution in [1.29, 1.82) is 0 Å². The van der Waals surface area contributed by atoms with Crippen molar-refractivity contribution in [1.82, 2.24) is 0 Å². The van der Waals surface area contributed by atoms with Crippen LogP contribution in [0.15, 0.2) is 46.9 Å². The SMILES string of the molecule is CN(C)c1cccc(OCc2ccc(N)cc2Br)c1. The Balaban J connectivity index is 2.08. The average Bonchev–Trinajstić information content (AvgIpc) is 2.38. The minimum Gasteiger partial charge on any atom is -0.489 e. The molecule has 0 spiro atoms. The lowest BCUT2D eigenvalue weighted by molar-refractivity contribution is 0.305. The molecule has 0 saturated heterocycles. The summed E-state index contributed by atoms with van der Waals surface area (Å²) >= 11 is 3.49. The van der Waals surface area contributed by atoms with E-state index in [9.17, 15) is 0 Å². The second-order valence-electron chi connectivity index (χ2n) is 4.53. The summed E-state index contributed by atoms with van der Waals surface area (Å²) in [5.41, 5.74) is 8.65. The molecule has 4 heteroatoms. The molecule has 0 unspecified atom stereocenters. The Morgan fingerprint density at radius 1 is 1.16 bits per heavy atom. The van der Waals surface area contributed by atoms with Gasteiger partial charge < -0.3 is 15.4 Å². The third kappa shape index (κ3) is 3.64. The normalized spacial score (nSPS) is 10.3. The molecule has 0 aliphatic rings. The molecule has 0 heterocycles. The molecule has 2 N–H and O–H groups in total.